The van der Waals surface area contributed by atoms with E-state index in [1.807, 2.05) is 24.3 Å². The monoisotopic (exact) mass is 331 g/mol. The molecule has 1 aliphatic rings. The number of nitrogens with zero attached hydrogens (tertiary/aromatic N) is 1. The molecule has 1 aromatic carbocycles. The number of carbonyl (C=O) groups is 2. The summed E-state index contributed by atoms with van der Waals surface area (Å²) in [6, 6.07) is 7.62. The molecule has 0 bridgehead atoms. The van der Waals surface area contributed by atoms with Gasteiger partial charge in [-0.25, -0.2) is 0 Å². The zero-order chi connectivity index (χ0) is 17.4. The first-order chi connectivity index (χ1) is 11.6. The molecule has 0 aliphatic carbocycles. The Morgan fingerprint density at radius 3 is 2.71 bits per heavy atom. The molecule has 0 atom stereocenters. The molecule has 5 nitrogen and oxygen atoms in total. The van der Waals surface area contributed by atoms with E-state index in [1.165, 1.54) is 12.8 Å². The van der Waals surface area contributed by atoms with Crippen molar-refractivity contribution in [2.45, 2.75) is 32.1 Å². The Bertz CT molecular complexity index is 551. The number of rotatable bonds is 7. The largest absolute Gasteiger partial charge is 0.356 e. The second kappa shape index (κ2) is 9.42. The molecule has 1 fully saturated rings. The van der Waals surface area contributed by atoms with Gasteiger partial charge >= 0.3 is 0 Å². The van der Waals surface area contributed by atoms with Crippen molar-refractivity contribution in [2.24, 2.45) is 5.92 Å². The summed E-state index contributed by atoms with van der Waals surface area (Å²) >= 11 is 0. The van der Waals surface area contributed by atoms with Crippen molar-refractivity contribution in [3.8, 4) is 0 Å². The fourth-order valence-corrected chi connectivity index (χ4v) is 3.06. The Labute approximate surface area is 144 Å². The Morgan fingerprint density at radius 1 is 1.25 bits per heavy atom. The molecule has 2 amide bonds. The lowest BCUT2D eigenvalue weighted by Crippen LogP contribution is -2.30. The second-order valence-corrected chi connectivity index (χ2v) is 6.73. The third kappa shape index (κ3) is 5.96. The average molecular weight is 331 g/mol. The lowest BCUT2D eigenvalue weighted by Gasteiger charge is -2.22. The summed E-state index contributed by atoms with van der Waals surface area (Å²) in [5, 5.41) is 6.34. The lowest BCUT2D eigenvalue weighted by atomic mass is 9.93. The van der Waals surface area contributed by atoms with E-state index in [0.29, 0.717) is 24.4 Å². The first-order valence-electron chi connectivity index (χ1n) is 8.84. The molecule has 24 heavy (non-hydrogen) atoms. The Balaban J connectivity index is 1.70. The maximum Gasteiger partial charge on any atom is 0.253 e. The fraction of sp³-hybridized carbons (Fsp3) is 0.579. The van der Waals surface area contributed by atoms with Crippen LogP contribution in [-0.2, 0) is 11.2 Å². The SMILES string of the molecule is CN(C)C(=O)c1cccc(CCNC(=O)CCC2CCNCC2)c1. The summed E-state index contributed by atoms with van der Waals surface area (Å²) in [5.74, 6) is 0.822. The molecule has 0 unspecified atom stereocenters. The van der Waals surface area contributed by atoms with Crippen molar-refractivity contribution >= 4 is 11.8 Å². The summed E-state index contributed by atoms with van der Waals surface area (Å²) in [5.41, 5.74) is 1.76. The lowest BCUT2D eigenvalue weighted by molar-refractivity contribution is -0.121. The molecule has 2 N–H and O–H groups in total. The van der Waals surface area contributed by atoms with E-state index in [9.17, 15) is 9.59 Å². The van der Waals surface area contributed by atoms with Gasteiger partial charge in [0.25, 0.3) is 5.91 Å². The molecular formula is C19H29N3O2. The summed E-state index contributed by atoms with van der Waals surface area (Å²) < 4.78 is 0. The van der Waals surface area contributed by atoms with Crippen molar-refractivity contribution in [3.63, 3.8) is 0 Å². The Morgan fingerprint density at radius 2 is 2.00 bits per heavy atom. The van der Waals surface area contributed by atoms with Crippen LogP contribution >= 0.6 is 0 Å². The number of nitrogens with one attached hydrogen (secondary N) is 2. The number of hydrogen-bond acceptors (Lipinski definition) is 3. The maximum atomic E-state index is 12.0. The molecule has 2 rings (SSSR count). The van der Waals surface area contributed by atoms with Gasteiger partial charge in [0.15, 0.2) is 0 Å². The van der Waals surface area contributed by atoms with E-state index in [0.717, 1.165) is 31.5 Å². The highest BCUT2D eigenvalue weighted by atomic mass is 16.2. The first-order valence-corrected chi connectivity index (χ1v) is 8.84. The molecule has 0 aromatic heterocycles. The number of hydrogen-bond donors (Lipinski definition) is 2. The van der Waals surface area contributed by atoms with Gasteiger partial charge in [-0.1, -0.05) is 12.1 Å². The van der Waals surface area contributed by atoms with Gasteiger partial charge in [-0.2, -0.15) is 0 Å². The van der Waals surface area contributed by atoms with E-state index in [1.54, 1.807) is 19.0 Å². The zero-order valence-electron chi connectivity index (χ0n) is 14.8. The third-order valence-electron chi connectivity index (χ3n) is 4.55. The predicted molar refractivity (Wildman–Crippen MR) is 96.0 cm³/mol. The van der Waals surface area contributed by atoms with Crippen LogP contribution in [-0.4, -0.2) is 50.4 Å². The van der Waals surface area contributed by atoms with Crippen LogP contribution in [0.4, 0.5) is 0 Å². The van der Waals surface area contributed by atoms with Crippen molar-refractivity contribution in [2.75, 3.05) is 33.7 Å². The van der Waals surface area contributed by atoms with Crippen LogP contribution in [0.3, 0.4) is 0 Å². The highest BCUT2D eigenvalue weighted by molar-refractivity contribution is 5.94. The van der Waals surface area contributed by atoms with Gasteiger partial charge in [0.2, 0.25) is 5.91 Å². The molecule has 132 valence electrons. The Hall–Kier alpha value is -1.88. The van der Waals surface area contributed by atoms with E-state index in [2.05, 4.69) is 10.6 Å². The van der Waals surface area contributed by atoms with Gasteiger partial charge in [0, 0.05) is 32.6 Å². The smallest absolute Gasteiger partial charge is 0.253 e. The molecule has 1 aliphatic heterocycles. The fourth-order valence-electron chi connectivity index (χ4n) is 3.06. The van der Waals surface area contributed by atoms with Crippen LogP contribution in [0.5, 0.6) is 0 Å². The van der Waals surface area contributed by atoms with E-state index in [4.69, 9.17) is 0 Å². The minimum Gasteiger partial charge on any atom is -0.356 e. The van der Waals surface area contributed by atoms with Gasteiger partial charge in [-0.3, -0.25) is 9.59 Å². The molecule has 1 heterocycles. The van der Waals surface area contributed by atoms with Crippen LogP contribution in [0.2, 0.25) is 0 Å². The van der Waals surface area contributed by atoms with Crippen molar-refractivity contribution in [3.05, 3.63) is 35.4 Å². The average Bonchev–Trinajstić information content (AvgIpc) is 2.60. The van der Waals surface area contributed by atoms with Crippen LogP contribution in [0.25, 0.3) is 0 Å². The molecule has 1 aromatic rings. The number of carbonyl (C=O) groups excluding carboxylic acids is 2. The van der Waals surface area contributed by atoms with Gasteiger partial charge in [-0.05, 0) is 62.4 Å². The highest BCUT2D eigenvalue weighted by Crippen LogP contribution is 2.17. The van der Waals surface area contributed by atoms with Gasteiger partial charge in [0.05, 0.1) is 0 Å². The molecule has 5 heteroatoms. The van der Waals surface area contributed by atoms with Crippen LogP contribution in [0.15, 0.2) is 24.3 Å². The molecule has 0 spiro atoms. The minimum absolute atomic E-state index is 0.00265. The van der Waals surface area contributed by atoms with Crippen LogP contribution < -0.4 is 10.6 Å². The third-order valence-corrected chi connectivity index (χ3v) is 4.55. The zero-order valence-corrected chi connectivity index (χ0v) is 14.8. The Kier molecular flexibility index (Phi) is 7.25. The van der Waals surface area contributed by atoms with Crippen LogP contribution in [0, 0.1) is 5.92 Å². The summed E-state index contributed by atoms with van der Waals surface area (Å²) in [4.78, 5) is 25.5. The second-order valence-electron chi connectivity index (χ2n) is 6.73. The molecule has 0 radical (unpaired) electrons. The maximum absolute atomic E-state index is 12.0. The van der Waals surface area contributed by atoms with Gasteiger partial charge in [0.1, 0.15) is 0 Å². The topological polar surface area (TPSA) is 61.4 Å². The van der Waals surface area contributed by atoms with Crippen molar-refractivity contribution in [1.82, 2.24) is 15.5 Å². The van der Waals surface area contributed by atoms with E-state index in [-0.39, 0.29) is 11.8 Å². The molecule has 1 saturated heterocycles. The van der Waals surface area contributed by atoms with Crippen molar-refractivity contribution in [1.29, 1.82) is 0 Å². The number of benzene rings is 1. The normalized spacial score (nSPS) is 15.1. The van der Waals surface area contributed by atoms with Gasteiger partial charge < -0.3 is 15.5 Å². The predicted octanol–water partition coefficient (Wildman–Crippen LogP) is 1.83. The molecule has 0 saturated carbocycles. The van der Waals surface area contributed by atoms with Crippen LogP contribution in [0.1, 0.15) is 41.6 Å². The summed E-state index contributed by atoms with van der Waals surface area (Å²) in [6.45, 7) is 2.77. The van der Waals surface area contributed by atoms with Gasteiger partial charge in [-0.15, -0.1) is 0 Å². The summed E-state index contributed by atoms with van der Waals surface area (Å²) in [6.07, 6.45) is 4.71. The van der Waals surface area contributed by atoms with E-state index >= 15 is 0 Å². The number of amides is 2. The molecular weight excluding hydrogens is 302 g/mol. The van der Waals surface area contributed by atoms with Crippen molar-refractivity contribution < 1.29 is 9.59 Å². The minimum atomic E-state index is 0.00265. The quantitative estimate of drug-likeness (QED) is 0.801. The number of piperidine rings is 1. The first kappa shape index (κ1) is 18.5. The highest BCUT2D eigenvalue weighted by Gasteiger charge is 2.14. The standard InChI is InChI=1S/C19H29N3O2/c1-22(2)19(24)17-5-3-4-16(14-17)10-13-21-18(23)7-6-15-8-11-20-12-9-15/h3-5,14-15,20H,6-13H2,1-2H3,(H,21,23). The van der Waals surface area contributed by atoms with E-state index < -0.39 is 0 Å². The summed E-state index contributed by atoms with van der Waals surface area (Å²) in [7, 11) is 3.50.